The van der Waals surface area contributed by atoms with Crippen molar-refractivity contribution in [1.82, 2.24) is 9.47 Å². The molecule has 0 saturated carbocycles. The lowest BCUT2D eigenvalue weighted by molar-refractivity contribution is -0.123. The highest BCUT2D eigenvalue weighted by atomic mass is 35.5. The number of hydrogen-bond acceptors (Lipinski definition) is 3. The molecule has 0 aliphatic carbocycles. The second-order valence-electron chi connectivity index (χ2n) is 7.85. The zero-order chi connectivity index (χ0) is 22.3. The molecular formula is C25H23ClN2O2S. The summed E-state index contributed by atoms with van der Waals surface area (Å²) < 4.78 is 2.10. The van der Waals surface area contributed by atoms with Crippen molar-refractivity contribution in [2.45, 2.75) is 34.2 Å². The first-order valence-electron chi connectivity index (χ1n) is 10.0. The Hall–Kier alpha value is -2.76. The Labute approximate surface area is 191 Å². The van der Waals surface area contributed by atoms with Gasteiger partial charge in [-0.05, 0) is 80.4 Å². The molecule has 0 bridgehead atoms. The van der Waals surface area contributed by atoms with Crippen LogP contribution < -0.4 is 0 Å². The van der Waals surface area contributed by atoms with E-state index >= 15 is 0 Å². The van der Waals surface area contributed by atoms with Crippen molar-refractivity contribution in [2.75, 3.05) is 0 Å². The maximum Gasteiger partial charge on any atom is 0.293 e. The fourth-order valence-corrected chi connectivity index (χ4v) is 4.71. The van der Waals surface area contributed by atoms with Crippen LogP contribution in [0.5, 0.6) is 0 Å². The molecule has 1 fully saturated rings. The van der Waals surface area contributed by atoms with Crippen LogP contribution in [0.3, 0.4) is 0 Å². The summed E-state index contributed by atoms with van der Waals surface area (Å²) in [5, 5.41) is 0.472. The number of aryl methyl sites for hydroxylation is 3. The summed E-state index contributed by atoms with van der Waals surface area (Å²) in [6.45, 7) is 8.28. The van der Waals surface area contributed by atoms with Crippen molar-refractivity contribution in [3.8, 4) is 5.69 Å². The number of halogens is 1. The van der Waals surface area contributed by atoms with Crippen LogP contribution in [0.4, 0.5) is 4.79 Å². The van der Waals surface area contributed by atoms with Crippen molar-refractivity contribution in [3.05, 3.63) is 92.1 Å². The summed E-state index contributed by atoms with van der Waals surface area (Å²) in [4.78, 5) is 27.2. The van der Waals surface area contributed by atoms with E-state index in [2.05, 4.69) is 4.57 Å². The highest BCUT2D eigenvalue weighted by Gasteiger charge is 2.35. The van der Waals surface area contributed by atoms with Crippen LogP contribution in [-0.2, 0) is 11.3 Å². The number of thioether (sulfide) groups is 1. The average molecular weight is 451 g/mol. The molecule has 1 aliphatic rings. The fraction of sp³-hybridized carbons (Fsp3) is 0.200. The molecule has 158 valence electrons. The number of carbonyl (C=O) groups is 2. The molecule has 1 saturated heterocycles. The molecule has 4 nitrogen and oxygen atoms in total. The molecule has 2 aromatic carbocycles. The summed E-state index contributed by atoms with van der Waals surface area (Å²) in [6.07, 6.45) is 1.81. The van der Waals surface area contributed by atoms with Gasteiger partial charge in [0.05, 0.1) is 11.4 Å². The van der Waals surface area contributed by atoms with Crippen LogP contribution in [0.15, 0.2) is 53.4 Å². The van der Waals surface area contributed by atoms with E-state index in [0.717, 1.165) is 51.1 Å². The smallest absolute Gasteiger partial charge is 0.293 e. The van der Waals surface area contributed by atoms with Crippen LogP contribution in [0.1, 0.15) is 33.6 Å². The maximum absolute atomic E-state index is 12.9. The first-order chi connectivity index (χ1) is 14.7. The van der Waals surface area contributed by atoms with Gasteiger partial charge in [-0.2, -0.15) is 0 Å². The second-order valence-corrected chi connectivity index (χ2v) is 9.25. The summed E-state index contributed by atoms with van der Waals surface area (Å²) in [7, 11) is 0. The topological polar surface area (TPSA) is 42.3 Å². The molecule has 0 spiro atoms. The molecular weight excluding hydrogens is 428 g/mol. The van der Waals surface area contributed by atoms with Gasteiger partial charge in [0, 0.05) is 22.1 Å². The van der Waals surface area contributed by atoms with Gasteiger partial charge >= 0.3 is 0 Å². The lowest BCUT2D eigenvalue weighted by Crippen LogP contribution is -2.27. The van der Waals surface area contributed by atoms with Gasteiger partial charge in [0.25, 0.3) is 11.1 Å². The van der Waals surface area contributed by atoms with Gasteiger partial charge in [0.2, 0.25) is 0 Å². The van der Waals surface area contributed by atoms with Crippen LogP contribution >= 0.6 is 23.4 Å². The Kier molecular flexibility index (Phi) is 5.82. The van der Waals surface area contributed by atoms with Crippen molar-refractivity contribution >= 4 is 40.6 Å². The Balaban J connectivity index is 1.63. The quantitative estimate of drug-likeness (QED) is 0.420. The van der Waals surface area contributed by atoms with Gasteiger partial charge in [-0.25, -0.2) is 0 Å². The molecule has 1 aromatic heterocycles. The van der Waals surface area contributed by atoms with E-state index in [9.17, 15) is 9.59 Å². The van der Waals surface area contributed by atoms with Gasteiger partial charge in [0.1, 0.15) is 0 Å². The van der Waals surface area contributed by atoms with E-state index in [1.807, 2.05) is 82.3 Å². The highest BCUT2D eigenvalue weighted by molar-refractivity contribution is 8.18. The van der Waals surface area contributed by atoms with Gasteiger partial charge in [-0.3, -0.25) is 14.5 Å². The molecule has 0 N–H and O–H groups in total. The molecule has 0 unspecified atom stereocenters. The Bertz CT molecular complexity index is 1230. The minimum atomic E-state index is -0.251. The highest BCUT2D eigenvalue weighted by Crippen LogP contribution is 2.35. The van der Waals surface area contributed by atoms with Crippen molar-refractivity contribution in [1.29, 1.82) is 0 Å². The third-order valence-corrected chi connectivity index (χ3v) is 6.82. The van der Waals surface area contributed by atoms with Crippen molar-refractivity contribution in [3.63, 3.8) is 0 Å². The Morgan fingerprint density at radius 2 is 1.68 bits per heavy atom. The van der Waals surface area contributed by atoms with Gasteiger partial charge in [-0.1, -0.05) is 47.5 Å². The number of rotatable bonds is 4. The minimum absolute atomic E-state index is 0.240. The molecule has 6 heteroatoms. The van der Waals surface area contributed by atoms with E-state index in [1.54, 1.807) is 0 Å². The lowest BCUT2D eigenvalue weighted by atomic mass is 10.1. The Morgan fingerprint density at radius 3 is 2.35 bits per heavy atom. The van der Waals surface area contributed by atoms with E-state index in [4.69, 9.17) is 11.6 Å². The first-order valence-corrected chi connectivity index (χ1v) is 11.2. The average Bonchev–Trinajstić information content (AvgIpc) is 3.15. The van der Waals surface area contributed by atoms with Crippen LogP contribution in [-0.4, -0.2) is 20.6 Å². The van der Waals surface area contributed by atoms with Crippen LogP contribution in [0.2, 0.25) is 5.02 Å². The first kappa shape index (κ1) is 21.5. The van der Waals surface area contributed by atoms with E-state index in [1.165, 1.54) is 4.90 Å². The lowest BCUT2D eigenvalue weighted by Gasteiger charge is -2.12. The third-order valence-electron chi connectivity index (χ3n) is 5.51. The fourth-order valence-electron chi connectivity index (χ4n) is 3.71. The van der Waals surface area contributed by atoms with Gasteiger partial charge in [-0.15, -0.1) is 0 Å². The molecule has 3 aromatic rings. The molecule has 2 amide bonds. The summed E-state index contributed by atoms with van der Waals surface area (Å²) in [5.74, 6) is -0.251. The predicted octanol–water partition coefficient (Wildman–Crippen LogP) is 6.60. The predicted molar refractivity (Wildman–Crippen MR) is 128 cm³/mol. The number of carbonyl (C=O) groups excluding carboxylic acids is 2. The third kappa shape index (κ3) is 4.21. The van der Waals surface area contributed by atoms with Gasteiger partial charge < -0.3 is 4.57 Å². The van der Waals surface area contributed by atoms with Gasteiger partial charge in [0.15, 0.2) is 0 Å². The summed E-state index contributed by atoms with van der Waals surface area (Å²) in [6, 6.07) is 15.8. The number of benzene rings is 2. The number of imide groups is 1. The molecule has 0 radical (unpaired) electrons. The molecule has 0 atom stereocenters. The SMILES string of the molecule is Cc1ccc(CN2C(=O)S/C(=C\c3cc(C)n(-c4ccc(C)c(Cl)c4)c3C)C2=O)cc1. The van der Waals surface area contributed by atoms with E-state index in [-0.39, 0.29) is 17.7 Å². The standard InChI is InChI=1S/C25H23ClN2O2S/c1-15-5-8-19(9-6-15)14-27-24(29)23(31-25(27)30)12-20-11-17(3)28(18(20)4)21-10-7-16(2)22(26)13-21/h5-13H,14H2,1-4H3/b23-12-. The van der Waals surface area contributed by atoms with Crippen molar-refractivity contribution in [2.24, 2.45) is 0 Å². The number of hydrogen-bond donors (Lipinski definition) is 0. The minimum Gasteiger partial charge on any atom is -0.318 e. The Morgan fingerprint density at radius 1 is 0.968 bits per heavy atom. The van der Waals surface area contributed by atoms with Crippen LogP contribution in [0, 0.1) is 27.7 Å². The molecule has 31 heavy (non-hydrogen) atoms. The summed E-state index contributed by atoms with van der Waals surface area (Å²) >= 11 is 7.31. The second kappa shape index (κ2) is 8.40. The largest absolute Gasteiger partial charge is 0.318 e. The van der Waals surface area contributed by atoms with E-state index in [0.29, 0.717) is 9.93 Å². The number of aromatic nitrogens is 1. The monoisotopic (exact) mass is 450 g/mol. The maximum atomic E-state index is 12.9. The van der Waals surface area contributed by atoms with E-state index < -0.39 is 0 Å². The number of nitrogens with zero attached hydrogens (tertiary/aromatic N) is 2. The molecule has 2 heterocycles. The van der Waals surface area contributed by atoms with Crippen molar-refractivity contribution < 1.29 is 9.59 Å². The zero-order valence-electron chi connectivity index (χ0n) is 17.9. The molecule has 1 aliphatic heterocycles. The number of amides is 2. The van der Waals surface area contributed by atoms with Crippen LogP contribution in [0.25, 0.3) is 11.8 Å². The molecule has 4 rings (SSSR count). The zero-order valence-corrected chi connectivity index (χ0v) is 19.5. The normalized spacial score (nSPS) is 15.4. The summed E-state index contributed by atoms with van der Waals surface area (Å²) in [5.41, 5.74) is 7.00.